The summed E-state index contributed by atoms with van der Waals surface area (Å²) >= 11 is 6.53. The fourth-order valence-electron chi connectivity index (χ4n) is 4.28. The Bertz CT molecular complexity index is 1020. The van der Waals surface area contributed by atoms with Crippen molar-refractivity contribution in [1.29, 1.82) is 0 Å². The molecule has 0 amide bonds. The summed E-state index contributed by atoms with van der Waals surface area (Å²) in [5, 5.41) is 0.669. The van der Waals surface area contributed by atoms with Crippen molar-refractivity contribution >= 4 is 23.5 Å². The number of hydrogen-bond donors (Lipinski definition) is 0. The number of carbonyl (C=O) groups excluding carboxylic acids is 2. The Morgan fingerprint density at radius 2 is 1.77 bits per heavy atom. The van der Waals surface area contributed by atoms with Gasteiger partial charge >= 0.3 is 11.9 Å². The number of esters is 2. The number of carbonyl (C=O) groups is 2. The highest BCUT2D eigenvalue weighted by Gasteiger charge is 2.33. The van der Waals surface area contributed by atoms with E-state index in [2.05, 4.69) is 0 Å². The van der Waals surface area contributed by atoms with Crippen molar-refractivity contribution in [3.8, 4) is 5.75 Å². The van der Waals surface area contributed by atoms with Gasteiger partial charge in [-0.1, -0.05) is 35.9 Å². The second-order valence-electron chi connectivity index (χ2n) is 9.14. The molecule has 3 atom stereocenters. The standard InChI is InChI=1S/C27H31ClO7/c1-17(29)32-16-25-11-24(34-18(2)30)12-27(35-25)21-5-8-26(28)22(10-21)9-19-3-6-23(7-4-19)33-15-20-13-31-14-20/h3-8,10,20,24-25,27H,9,11-16H2,1-2H3/t24-,25-,27+/m0/s1. The summed E-state index contributed by atoms with van der Waals surface area (Å²) in [4.78, 5) is 22.8. The normalized spacial score (nSPS) is 22.2. The third kappa shape index (κ3) is 7.43. The van der Waals surface area contributed by atoms with Crippen LogP contribution in [0.2, 0.25) is 5.02 Å². The van der Waals surface area contributed by atoms with Crippen LogP contribution in [0, 0.1) is 5.92 Å². The molecule has 0 radical (unpaired) electrons. The average molecular weight is 503 g/mol. The SMILES string of the molecule is CC(=O)OC[C@@H]1C[C@H](OC(C)=O)C[C@H](c2ccc(Cl)c(Cc3ccc(OCC4COC4)cc3)c2)O1. The molecule has 8 heteroatoms. The van der Waals surface area contributed by atoms with E-state index in [4.69, 9.17) is 35.3 Å². The Morgan fingerprint density at radius 1 is 1.00 bits per heavy atom. The van der Waals surface area contributed by atoms with E-state index in [1.165, 1.54) is 13.8 Å². The molecule has 0 aliphatic carbocycles. The van der Waals surface area contributed by atoms with E-state index in [1.807, 2.05) is 42.5 Å². The molecule has 2 saturated heterocycles. The topological polar surface area (TPSA) is 80.3 Å². The van der Waals surface area contributed by atoms with Gasteiger partial charge in [-0.05, 0) is 41.3 Å². The third-order valence-electron chi connectivity index (χ3n) is 6.12. The van der Waals surface area contributed by atoms with E-state index in [0.717, 1.165) is 35.7 Å². The molecular weight excluding hydrogens is 472 g/mol. The fraction of sp³-hybridized carbons (Fsp3) is 0.481. The van der Waals surface area contributed by atoms with Crippen LogP contribution in [0.25, 0.3) is 0 Å². The maximum absolute atomic E-state index is 11.6. The zero-order chi connectivity index (χ0) is 24.8. The van der Waals surface area contributed by atoms with Crippen LogP contribution in [0.3, 0.4) is 0 Å². The van der Waals surface area contributed by atoms with Crippen LogP contribution < -0.4 is 4.74 Å². The summed E-state index contributed by atoms with van der Waals surface area (Å²) in [6.07, 6.45) is 0.669. The van der Waals surface area contributed by atoms with E-state index < -0.39 is 0 Å². The molecule has 0 N–H and O–H groups in total. The molecule has 2 heterocycles. The second kappa shape index (κ2) is 11.9. The minimum Gasteiger partial charge on any atom is -0.493 e. The van der Waals surface area contributed by atoms with Crippen molar-refractivity contribution in [2.24, 2.45) is 5.92 Å². The van der Waals surface area contributed by atoms with Gasteiger partial charge in [-0.2, -0.15) is 0 Å². The van der Waals surface area contributed by atoms with Crippen molar-refractivity contribution < 1.29 is 33.3 Å². The molecule has 2 aromatic rings. The molecule has 2 aliphatic rings. The third-order valence-corrected chi connectivity index (χ3v) is 6.49. The number of rotatable bonds is 9. The zero-order valence-electron chi connectivity index (χ0n) is 20.0. The predicted molar refractivity (Wildman–Crippen MR) is 130 cm³/mol. The first kappa shape index (κ1) is 25.5. The van der Waals surface area contributed by atoms with Crippen molar-refractivity contribution in [3.63, 3.8) is 0 Å². The predicted octanol–water partition coefficient (Wildman–Crippen LogP) is 4.67. The van der Waals surface area contributed by atoms with Crippen LogP contribution in [0.4, 0.5) is 0 Å². The molecular formula is C27H31ClO7. The highest BCUT2D eigenvalue weighted by Crippen LogP contribution is 2.35. The minimum atomic E-state index is -0.373. The summed E-state index contributed by atoms with van der Waals surface area (Å²) < 4.78 is 27.9. The fourth-order valence-corrected chi connectivity index (χ4v) is 4.47. The van der Waals surface area contributed by atoms with Crippen LogP contribution in [-0.4, -0.2) is 50.6 Å². The molecule has 2 aliphatic heterocycles. The molecule has 0 aromatic heterocycles. The van der Waals surface area contributed by atoms with Gasteiger partial charge in [-0.25, -0.2) is 0 Å². The van der Waals surface area contributed by atoms with Gasteiger partial charge in [0.1, 0.15) is 18.5 Å². The monoisotopic (exact) mass is 502 g/mol. The van der Waals surface area contributed by atoms with Gasteiger partial charge in [0.05, 0.1) is 32.0 Å². The lowest BCUT2D eigenvalue weighted by Crippen LogP contribution is -2.36. The molecule has 2 aromatic carbocycles. The summed E-state index contributed by atoms with van der Waals surface area (Å²) in [5.41, 5.74) is 3.02. The summed E-state index contributed by atoms with van der Waals surface area (Å²) in [7, 11) is 0. The van der Waals surface area contributed by atoms with Gasteiger partial charge in [0, 0.05) is 37.6 Å². The van der Waals surface area contributed by atoms with E-state index in [0.29, 0.717) is 36.8 Å². The zero-order valence-corrected chi connectivity index (χ0v) is 20.8. The molecule has 35 heavy (non-hydrogen) atoms. The minimum absolute atomic E-state index is 0.117. The molecule has 188 valence electrons. The van der Waals surface area contributed by atoms with Crippen molar-refractivity contribution in [3.05, 3.63) is 64.2 Å². The van der Waals surface area contributed by atoms with E-state index in [1.54, 1.807) is 0 Å². The van der Waals surface area contributed by atoms with Gasteiger partial charge in [0.25, 0.3) is 0 Å². The lowest BCUT2D eigenvalue weighted by molar-refractivity contribution is -0.169. The van der Waals surface area contributed by atoms with Crippen molar-refractivity contribution in [1.82, 2.24) is 0 Å². The maximum Gasteiger partial charge on any atom is 0.302 e. The van der Waals surface area contributed by atoms with E-state index in [-0.39, 0.29) is 36.9 Å². The first-order valence-electron chi connectivity index (χ1n) is 11.9. The molecule has 0 bridgehead atoms. The van der Waals surface area contributed by atoms with Gasteiger partial charge < -0.3 is 23.7 Å². The Balaban J connectivity index is 1.43. The Hall–Kier alpha value is -2.61. The smallest absolute Gasteiger partial charge is 0.302 e. The van der Waals surface area contributed by atoms with Crippen LogP contribution in [0.1, 0.15) is 49.5 Å². The number of benzene rings is 2. The molecule has 0 saturated carbocycles. The second-order valence-corrected chi connectivity index (χ2v) is 9.55. The van der Waals surface area contributed by atoms with Gasteiger partial charge in [-0.3, -0.25) is 9.59 Å². The van der Waals surface area contributed by atoms with Crippen LogP contribution in [0.15, 0.2) is 42.5 Å². The highest BCUT2D eigenvalue weighted by molar-refractivity contribution is 6.31. The summed E-state index contributed by atoms with van der Waals surface area (Å²) in [6, 6.07) is 13.9. The lowest BCUT2D eigenvalue weighted by Gasteiger charge is -2.35. The lowest BCUT2D eigenvalue weighted by atomic mass is 9.94. The van der Waals surface area contributed by atoms with Crippen LogP contribution in [0.5, 0.6) is 5.75 Å². The van der Waals surface area contributed by atoms with Gasteiger partial charge in [-0.15, -0.1) is 0 Å². The number of halogens is 1. The summed E-state index contributed by atoms with van der Waals surface area (Å²) in [5.74, 6) is 0.605. The van der Waals surface area contributed by atoms with Gasteiger partial charge in [0.15, 0.2) is 0 Å². The average Bonchev–Trinajstić information content (AvgIpc) is 2.78. The Labute approximate surface area is 210 Å². The molecule has 0 spiro atoms. The van der Waals surface area contributed by atoms with E-state index in [9.17, 15) is 9.59 Å². The van der Waals surface area contributed by atoms with Crippen molar-refractivity contribution in [2.45, 2.75) is 51.4 Å². The van der Waals surface area contributed by atoms with Crippen LogP contribution >= 0.6 is 11.6 Å². The first-order valence-corrected chi connectivity index (χ1v) is 12.3. The number of hydrogen-bond acceptors (Lipinski definition) is 7. The quantitative estimate of drug-likeness (QED) is 0.461. The Kier molecular flexibility index (Phi) is 8.65. The van der Waals surface area contributed by atoms with E-state index >= 15 is 0 Å². The van der Waals surface area contributed by atoms with Crippen LogP contribution in [-0.2, 0) is 35.0 Å². The highest BCUT2D eigenvalue weighted by atomic mass is 35.5. The first-order chi connectivity index (χ1) is 16.9. The maximum atomic E-state index is 11.6. The molecule has 0 unspecified atom stereocenters. The van der Waals surface area contributed by atoms with Crippen molar-refractivity contribution in [2.75, 3.05) is 26.4 Å². The molecule has 7 nitrogen and oxygen atoms in total. The van der Waals surface area contributed by atoms with Gasteiger partial charge in [0.2, 0.25) is 0 Å². The summed E-state index contributed by atoms with van der Waals surface area (Å²) in [6.45, 7) is 5.07. The Morgan fingerprint density at radius 3 is 2.43 bits per heavy atom. The largest absolute Gasteiger partial charge is 0.493 e. The molecule has 2 fully saturated rings. The molecule has 4 rings (SSSR count). The number of ether oxygens (including phenoxy) is 5.